The number of carbonyl (C=O) groups is 2. The predicted molar refractivity (Wildman–Crippen MR) is 130 cm³/mol. The van der Waals surface area contributed by atoms with E-state index in [-0.39, 0.29) is 30.3 Å². The molecule has 6 heteroatoms. The SMILES string of the molecule is CC(C)CN(CC(=O)N1CCc2sccc2C1c1ccc(Cl)cc1)C(=O)c1ccccc1. The molecule has 1 unspecified atom stereocenters. The van der Waals surface area contributed by atoms with Gasteiger partial charge in [0.1, 0.15) is 6.54 Å². The summed E-state index contributed by atoms with van der Waals surface area (Å²) < 4.78 is 0. The fourth-order valence-corrected chi connectivity index (χ4v) is 5.30. The molecule has 0 saturated carbocycles. The lowest BCUT2D eigenvalue weighted by Crippen LogP contribution is -2.47. The van der Waals surface area contributed by atoms with E-state index in [1.807, 2.05) is 47.4 Å². The van der Waals surface area contributed by atoms with Crippen molar-refractivity contribution in [2.45, 2.75) is 26.3 Å². The number of carbonyl (C=O) groups excluding carboxylic acids is 2. The van der Waals surface area contributed by atoms with E-state index in [0.717, 1.165) is 12.0 Å². The third-order valence-electron chi connectivity index (χ3n) is 5.69. The number of hydrogen-bond donors (Lipinski definition) is 0. The van der Waals surface area contributed by atoms with Gasteiger partial charge in [-0.15, -0.1) is 11.3 Å². The molecule has 32 heavy (non-hydrogen) atoms. The number of thiophene rings is 1. The van der Waals surface area contributed by atoms with Gasteiger partial charge in [-0.25, -0.2) is 0 Å². The van der Waals surface area contributed by atoms with Crippen LogP contribution < -0.4 is 0 Å². The molecule has 0 N–H and O–H groups in total. The first-order valence-electron chi connectivity index (χ1n) is 10.9. The van der Waals surface area contributed by atoms with E-state index in [4.69, 9.17) is 11.6 Å². The Bertz CT molecular complexity index is 1080. The second-order valence-corrected chi connectivity index (χ2v) is 9.97. The van der Waals surface area contributed by atoms with Gasteiger partial charge in [0.25, 0.3) is 5.91 Å². The molecule has 2 amide bonds. The van der Waals surface area contributed by atoms with Crippen molar-refractivity contribution in [3.63, 3.8) is 0 Å². The van der Waals surface area contributed by atoms with E-state index in [1.165, 1.54) is 10.4 Å². The molecule has 0 aliphatic carbocycles. The molecule has 4 rings (SSSR count). The summed E-state index contributed by atoms with van der Waals surface area (Å²) in [6.07, 6.45) is 0.833. The van der Waals surface area contributed by atoms with Crippen LogP contribution in [0.2, 0.25) is 5.02 Å². The van der Waals surface area contributed by atoms with Gasteiger partial charge < -0.3 is 9.80 Å². The molecule has 166 valence electrons. The minimum Gasteiger partial charge on any atom is -0.330 e. The summed E-state index contributed by atoms with van der Waals surface area (Å²) in [5.74, 6) is 0.114. The summed E-state index contributed by atoms with van der Waals surface area (Å²) >= 11 is 7.85. The van der Waals surface area contributed by atoms with Crippen molar-refractivity contribution in [3.8, 4) is 0 Å². The highest BCUT2D eigenvalue weighted by molar-refractivity contribution is 7.10. The molecule has 2 heterocycles. The van der Waals surface area contributed by atoms with Crippen LogP contribution in [-0.4, -0.2) is 41.2 Å². The van der Waals surface area contributed by atoms with Crippen LogP contribution in [-0.2, 0) is 11.2 Å². The highest BCUT2D eigenvalue weighted by atomic mass is 35.5. The molecule has 0 bridgehead atoms. The van der Waals surface area contributed by atoms with Gasteiger partial charge in [0.15, 0.2) is 0 Å². The lowest BCUT2D eigenvalue weighted by atomic mass is 9.93. The minimum absolute atomic E-state index is 0.0354. The first-order chi connectivity index (χ1) is 15.4. The molecule has 1 atom stereocenters. The molecular weight excluding hydrogens is 440 g/mol. The Hall–Kier alpha value is -2.63. The van der Waals surface area contributed by atoms with Gasteiger partial charge in [-0.2, -0.15) is 0 Å². The third kappa shape index (κ3) is 4.89. The standard InChI is InChI=1S/C26H27ClN2O2S/c1-18(2)16-28(26(31)20-6-4-3-5-7-20)17-24(30)29-14-12-23-22(13-15-32-23)25(29)19-8-10-21(27)11-9-19/h3-11,13,15,18,25H,12,14,16-17H2,1-2H3. The Labute approximate surface area is 198 Å². The predicted octanol–water partition coefficient (Wildman–Crippen LogP) is 5.67. The van der Waals surface area contributed by atoms with Crippen LogP contribution >= 0.6 is 22.9 Å². The van der Waals surface area contributed by atoms with Crippen LogP contribution in [0.5, 0.6) is 0 Å². The lowest BCUT2D eigenvalue weighted by Gasteiger charge is -2.38. The summed E-state index contributed by atoms with van der Waals surface area (Å²) in [7, 11) is 0. The van der Waals surface area contributed by atoms with Gasteiger partial charge >= 0.3 is 0 Å². The molecule has 0 radical (unpaired) electrons. The molecule has 0 fully saturated rings. The summed E-state index contributed by atoms with van der Waals surface area (Å²) in [5.41, 5.74) is 2.81. The van der Waals surface area contributed by atoms with Crippen molar-refractivity contribution < 1.29 is 9.59 Å². The molecule has 0 saturated heterocycles. The number of amides is 2. The fraction of sp³-hybridized carbons (Fsp3) is 0.308. The number of hydrogen-bond acceptors (Lipinski definition) is 3. The van der Waals surface area contributed by atoms with Crippen molar-refractivity contribution in [2.75, 3.05) is 19.6 Å². The smallest absolute Gasteiger partial charge is 0.254 e. The average molecular weight is 467 g/mol. The number of rotatable bonds is 6. The lowest BCUT2D eigenvalue weighted by molar-refractivity contribution is -0.134. The van der Waals surface area contributed by atoms with E-state index in [9.17, 15) is 9.59 Å². The van der Waals surface area contributed by atoms with Crippen molar-refractivity contribution in [3.05, 3.63) is 92.6 Å². The number of halogens is 1. The van der Waals surface area contributed by atoms with Crippen molar-refractivity contribution >= 4 is 34.8 Å². The molecule has 4 nitrogen and oxygen atoms in total. The maximum absolute atomic E-state index is 13.6. The zero-order valence-corrected chi connectivity index (χ0v) is 19.9. The molecule has 3 aromatic rings. The Kier molecular flexibility index (Phi) is 6.97. The maximum Gasteiger partial charge on any atom is 0.254 e. The van der Waals surface area contributed by atoms with Gasteiger partial charge in [-0.3, -0.25) is 9.59 Å². The van der Waals surface area contributed by atoms with Gasteiger partial charge in [0.2, 0.25) is 5.91 Å². The summed E-state index contributed by atoms with van der Waals surface area (Å²) in [6.45, 7) is 5.35. The van der Waals surface area contributed by atoms with E-state index >= 15 is 0 Å². The van der Waals surface area contributed by atoms with Crippen LogP contribution in [0.15, 0.2) is 66.0 Å². The quantitative estimate of drug-likeness (QED) is 0.469. The average Bonchev–Trinajstić information content (AvgIpc) is 3.27. The van der Waals surface area contributed by atoms with Gasteiger partial charge in [0, 0.05) is 28.6 Å². The second-order valence-electron chi connectivity index (χ2n) is 8.54. The highest BCUT2D eigenvalue weighted by Gasteiger charge is 2.34. The first-order valence-corrected chi connectivity index (χ1v) is 12.2. The molecular formula is C26H27ClN2O2S. The Morgan fingerprint density at radius 1 is 1.09 bits per heavy atom. The fourth-order valence-electron chi connectivity index (χ4n) is 4.27. The zero-order valence-electron chi connectivity index (χ0n) is 18.3. The molecule has 2 aromatic carbocycles. The van der Waals surface area contributed by atoms with Gasteiger partial charge in [0.05, 0.1) is 6.04 Å². The Morgan fingerprint density at radius 2 is 1.81 bits per heavy atom. The first kappa shape index (κ1) is 22.6. The van der Waals surface area contributed by atoms with Crippen LogP contribution in [0.1, 0.15) is 46.3 Å². The summed E-state index contributed by atoms with van der Waals surface area (Å²) in [6, 6.07) is 18.8. The largest absolute Gasteiger partial charge is 0.330 e. The van der Waals surface area contributed by atoms with Crippen LogP contribution in [0, 0.1) is 5.92 Å². The second kappa shape index (κ2) is 9.88. The monoisotopic (exact) mass is 466 g/mol. The Balaban J connectivity index is 1.62. The summed E-state index contributed by atoms with van der Waals surface area (Å²) in [5, 5.41) is 2.76. The van der Waals surface area contributed by atoms with Crippen LogP contribution in [0.4, 0.5) is 0 Å². The topological polar surface area (TPSA) is 40.6 Å². The highest BCUT2D eigenvalue weighted by Crippen LogP contribution is 2.38. The van der Waals surface area contributed by atoms with Gasteiger partial charge in [-0.1, -0.05) is 55.8 Å². The number of nitrogens with zero attached hydrogens (tertiary/aromatic N) is 2. The van der Waals surface area contributed by atoms with E-state index < -0.39 is 0 Å². The molecule has 1 aromatic heterocycles. The number of fused-ring (bicyclic) bond motifs is 1. The van der Waals surface area contributed by atoms with E-state index in [2.05, 4.69) is 25.3 Å². The Morgan fingerprint density at radius 3 is 2.50 bits per heavy atom. The minimum atomic E-state index is -0.164. The van der Waals surface area contributed by atoms with Gasteiger partial charge in [-0.05, 0) is 59.2 Å². The normalized spacial score (nSPS) is 15.5. The summed E-state index contributed by atoms with van der Waals surface area (Å²) in [4.78, 5) is 31.7. The van der Waals surface area contributed by atoms with Crippen LogP contribution in [0.3, 0.4) is 0 Å². The van der Waals surface area contributed by atoms with Crippen molar-refractivity contribution in [2.24, 2.45) is 5.92 Å². The van der Waals surface area contributed by atoms with E-state index in [1.54, 1.807) is 28.4 Å². The number of benzene rings is 2. The van der Waals surface area contributed by atoms with Crippen molar-refractivity contribution in [1.82, 2.24) is 9.80 Å². The maximum atomic E-state index is 13.6. The zero-order chi connectivity index (χ0) is 22.7. The van der Waals surface area contributed by atoms with Crippen LogP contribution in [0.25, 0.3) is 0 Å². The van der Waals surface area contributed by atoms with E-state index in [0.29, 0.717) is 23.7 Å². The van der Waals surface area contributed by atoms with Crippen molar-refractivity contribution in [1.29, 1.82) is 0 Å². The molecule has 0 spiro atoms. The molecule has 1 aliphatic rings. The molecule has 1 aliphatic heterocycles. The third-order valence-corrected chi connectivity index (χ3v) is 6.94.